The molecule has 0 heterocycles. The minimum Gasteiger partial charge on any atom is -0.286 e. The van der Waals surface area contributed by atoms with E-state index in [1.807, 2.05) is 13.8 Å². The minimum atomic E-state index is -3.38. The van der Waals surface area contributed by atoms with E-state index in [4.69, 9.17) is 0 Å². The average molecular weight is 370 g/mol. The van der Waals surface area contributed by atoms with Crippen molar-refractivity contribution in [2.24, 2.45) is 0 Å². The van der Waals surface area contributed by atoms with E-state index in [2.05, 4.69) is 5.32 Å². The average Bonchev–Trinajstić information content (AvgIpc) is 2.49. The Bertz CT molecular complexity index is 480. The van der Waals surface area contributed by atoms with E-state index in [1.165, 1.54) is 0 Å². The van der Waals surface area contributed by atoms with Gasteiger partial charge in [-0.3, -0.25) is 5.32 Å². The number of rotatable bonds is 12. The molecule has 0 saturated carbocycles. The highest BCUT2D eigenvalue weighted by molar-refractivity contribution is 7.93. The van der Waals surface area contributed by atoms with E-state index >= 15 is 0 Å². The van der Waals surface area contributed by atoms with Crippen LogP contribution in [0.2, 0.25) is 0 Å². The Labute approximate surface area is 143 Å². The van der Waals surface area contributed by atoms with E-state index in [0.29, 0.717) is 12.8 Å². The van der Waals surface area contributed by atoms with Crippen molar-refractivity contribution in [1.29, 1.82) is 0 Å². The lowest BCUT2D eigenvalue weighted by molar-refractivity contribution is 0.515. The second kappa shape index (κ2) is 9.99. The molecule has 140 valence electrons. The quantitative estimate of drug-likeness (QED) is 0.571. The molecule has 0 rings (SSSR count). The molecule has 0 aliphatic rings. The molecule has 4 unspecified atom stereocenters. The molecule has 0 radical (unpaired) electrons. The van der Waals surface area contributed by atoms with Crippen molar-refractivity contribution in [1.82, 2.24) is 5.32 Å². The van der Waals surface area contributed by atoms with Crippen LogP contribution >= 0.6 is 0 Å². The molecule has 0 amide bonds. The highest BCUT2D eigenvalue weighted by Gasteiger charge is 2.33. The lowest BCUT2D eigenvalue weighted by Crippen LogP contribution is -2.48. The normalized spacial score (nSPS) is 18.3. The van der Waals surface area contributed by atoms with Gasteiger partial charge in [-0.2, -0.15) is 0 Å². The Morgan fingerprint density at radius 2 is 1.00 bits per heavy atom. The maximum absolute atomic E-state index is 12.5. The van der Waals surface area contributed by atoms with Gasteiger partial charge in [0.1, 0.15) is 10.7 Å². The fourth-order valence-corrected chi connectivity index (χ4v) is 5.79. The largest absolute Gasteiger partial charge is 0.286 e. The maximum Gasteiger partial charge on any atom is 0.168 e. The van der Waals surface area contributed by atoms with E-state index < -0.39 is 40.9 Å². The number of hydrogen-bond donors (Lipinski definition) is 1. The minimum absolute atomic E-state index is 0.461. The Morgan fingerprint density at radius 3 is 1.26 bits per heavy atom. The van der Waals surface area contributed by atoms with Crippen LogP contribution < -0.4 is 5.32 Å². The monoisotopic (exact) mass is 369 g/mol. The summed E-state index contributed by atoms with van der Waals surface area (Å²) in [6.07, 6.45) is 4.82. The fourth-order valence-electron chi connectivity index (χ4n) is 2.53. The Hall–Kier alpha value is -0.140. The predicted octanol–water partition coefficient (Wildman–Crippen LogP) is 3.26. The van der Waals surface area contributed by atoms with Crippen LogP contribution in [-0.2, 0) is 19.7 Å². The molecule has 0 aliphatic carbocycles. The molecule has 0 aromatic rings. The van der Waals surface area contributed by atoms with Gasteiger partial charge in [-0.05, 0) is 40.5 Å². The van der Waals surface area contributed by atoms with Crippen LogP contribution in [0.25, 0.3) is 0 Å². The second-order valence-corrected chi connectivity index (χ2v) is 11.9. The molecule has 0 aromatic heterocycles. The van der Waals surface area contributed by atoms with Crippen LogP contribution in [-0.4, -0.2) is 38.1 Å². The third-order valence-corrected chi connectivity index (χ3v) is 9.46. The van der Waals surface area contributed by atoms with E-state index in [9.17, 15) is 16.8 Å². The van der Waals surface area contributed by atoms with Crippen LogP contribution in [0.4, 0.5) is 0 Å². The molecule has 4 atom stereocenters. The van der Waals surface area contributed by atoms with Crippen molar-refractivity contribution in [2.45, 2.75) is 101 Å². The maximum atomic E-state index is 12.5. The summed E-state index contributed by atoms with van der Waals surface area (Å²) in [5, 5.41) is 0.151. The standard InChI is InChI=1S/C16H35NO4S2/c1-7-9-11-13(3)22(18,19)15(5)17-16(6)23(20,21)14(4)12-10-8-2/h13-17H,7-12H2,1-6H3. The molecule has 0 aromatic carbocycles. The molecule has 0 aliphatic heterocycles. The van der Waals surface area contributed by atoms with Crippen molar-refractivity contribution in [3.63, 3.8) is 0 Å². The van der Waals surface area contributed by atoms with E-state index in [1.54, 1.807) is 27.7 Å². The van der Waals surface area contributed by atoms with Crippen LogP contribution in [0.1, 0.15) is 80.1 Å². The molecule has 0 bridgehead atoms. The molecule has 0 saturated heterocycles. The van der Waals surface area contributed by atoms with Gasteiger partial charge in [0.2, 0.25) is 0 Å². The van der Waals surface area contributed by atoms with Gasteiger partial charge in [0.25, 0.3) is 0 Å². The lowest BCUT2D eigenvalue weighted by Gasteiger charge is -2.25. The van der Waals surface area contributed by atoms with Gasteiger partial charge < -0.3 is 0 Å². The highest BCUT2D eigenvalue weighted by Crippen LogP contribution is 2.18. The van der Waals surface area contributed by atoms with Crippen LogP contribution in [0.15, 0.2) is 0 Å². The van der Waals surface area contributed by atoms with Crippen molar-refractivity contribution >= 4 is 19.7 Å². The van der Waals surface area contributed by atoms with Crippen LogP contribution in [0.3, 0.4) is 0 Å². The first-order valence-corrected chi connectivity index (χ1v) is 11.9. The first-order chi connectivity index (χ1) is 10.5. The van der Waals surface area contributed by atoms with Gasteiger partial charge >= 0.3 is 0 Å². The highest BCUT2D eigenvalue weighted by atomic mass is 32.2. The third kappa shape index (κ3) is 6.70. The fraction of sp³-hybridized carbons (Fsp3) is 1.00. The van der Waals surface area contributed by atoms with Gasteiger partial charge in [-0.15, -0.1) is 0 Å². The van der Waals surface area contributed by atoms with Gasteiger partial charge in [0.15, 0.2) is 19.7 Å². The summed E-state index contributed by atoms with van der Waals surface area (Å²) in [4.78, 5) is 0. The Kier molecular flexibility index (Phi) is 9.93. The number of hydrogen-bond acceptors (Lipinski definition) is 5. The molecule has 0 fully saturated rings. The zero-order chi connectivity index (χ0) is 18.3. The summed E-state index contributed by atoms with van der Waals surface area (Å²) in [6.45, 7) is 10.5. The number of nitrogens with one attached hydrogen (secondary N) is 1. The summed E-state index contributed by atoms with van der Waals surface area (Å²) in [7, 11) is -6.77. The SMILES string of the molecule is CCCCC(C)S(=O)(=O)C(C)NC(C)S(=O)(=O)C(C)CCCC. The zero-order valence-electron chi connectivity index (χ0n) is 15.5. The summed E-state index contributed by atoms with van der Waals surface area (Å²) in [5.41, 5.74) is 0. The first-order valence-electron chi connectivity index (χ1n) is 8.73. The number of sulfone groups is 2. The predicted molar refractivity (Wildman–Crippen MR) is 97.9 cm³/mol. The zero-order valence-corrected chi connectivity index (χ0v) is 17.1. The second-order valence-electron chi connectivity index (χ2n) is 6.53. The van der Waals surface area contributed by atoms with E-state index in [-0.39, 0.29) is 0 Å². The third-order valence-electron chi connectivity index (χ3n) is 4.51. The van der Waals surface area contributed by atoms with Crippen molar-refractivity contribution in [2.75, 3.05) is 0 Å². The summed E-state index contributed by atoms with van der Waals surface area (Å²) in [6, 6.07) is 0. The molecule has 7 heteroatoms. The number of unbranched alkanes of at least 4 members (excludes halogenated alkanes) is 2. The topological polar surface area (TPSA) is 80.3 Å². The van der Waals surface area contributed by atoms with Gasteiger partial charge in [0.05, 0.1) is 10.5 Å². The van der Waals surface area contributed by atoms with E-state index in [0.717, 1.165) is 25.7 Å². The van der Waals surface area contributed by atoms with Crippen molar-refractivity contribution in [3.8, 4) is 0 Å². The van der Waals surface area contributed by atoms with Crippen LogP contribution in [0, 0.1) is 0 Å². The summed E-state index contributed by atoms with van der Waals surface area (Å²) in [5.74, 6) is 0. The van der Waals surface area contributed by atoms with Crippen molar-refractivity contribution < 1.29 is 16.8 Å². The van der Waals surface area contributed by atoms with Crippen molar-refractivity contribution in [3.05, 3.63) is 0 Å². The molecular weight excluding hydrogens is 334 g/mol. The molecule has 1 N–H and O–H groups in total. The summed E-state index contributed by atoms with van der Waals surface area (Å²) < 4.78 is 49.9. The molecule has 0 spiro atoms. The summed E-state index contributed by atoms with van der Waals surface area (Å²) >= 11 is 0. The Morgan fingerprint density at radius 1 is 0.696 bits per heavy atom. The molecular formula is C16H35NO4S2. The molecule has 5 nitrogen and oxygen atoms in total. The van der Waals surface area contributed by atoms with Crippen LogP contribution in [0.5, 0.6) is 0 Å². The first kappa shape index (κ1) is 22.9. The molecule has 23 heavy (non-hydrogen) atoms. The van der Waals surface area contributed by atoms with Gasteiger partial charge in [-0.25, -0.2) is 16.8 Å². The smallest absolute Gasteiger partial charge is 0.168 e. The Balaban J connectivity index is 4.90. The van der Waals surface area contributed by atoms with Gasteiger partial charge in [-0.1, -0.05) is 39.5 Å². The lowest BCUT2D eigenvalue weighted by atomic mass is 10.2. The van der Waals surface area contributed by atoms with Gasteiger partial charge in [0, 0.05) is 0 Å².